The van der Waals surface area contributed by atoms with Gasteiger partial charge in [0.05, 0.1) is 19.2 Å². The number of rotatable bonds is 6. The molecule has 2 aromatic rings. The summed E-state index contributed by atoms with van der Waals surface area (Å²) in [6.45, 7) is 2.73. The Morgan fingerprint density at radius 3 is 2.70 bits per heavy atom. The van der Waals surface area contributed by atoms with Gasteiger partial charge < -0.3 is 10.1 Å². The summed E-state index contributed by atoms with van der Waals surface area (Å²) in [7, 11) is 1.56. The molecule has 0 aliphatic rings. The molecule has 0 fully saturated rings. The SMILES string of the molecule is COC[C@H](NCc1nnc(C)s1)c1ccc(F)c(F)c1. The van der Waals surface area contributed by atoms with Crippen LogP contribution in [0.15, 0.2) is 18.2 Å². The van der Waals surface area contributed by atoms with E-state index in [0.717, 1.165) is 16.1 Å². The fraction of sp³-hybridized carbons (Fsp3) is 0.385. The summed E-state index contributed by atoms with van der Waals surface area (Å²) in [5.74, 6) is -1.72. The van der Waals surface area contributed by atoms with Crippen molar-refractivity contribution in [3.63, 3.8) is 0 Å². The Hall–Kier alpha value is -1.44. The van der Waals surface area contributed by atoms with Crippen molar-refractivity contribution >= 4 is 11.3 Å². The Balaban J connectivity index is 2.07. The van der Waals surface area contributed by atoms with Crippen LogP contribution < -0.4 is 5.32 Å². The van der Waals surface area contributed by atoms with Crippen LogP contribution in [0.4, 0.5) is 8.78 Å². The van der Waals surface area contributed by atoms with Crippen molar-refractivity contribution in [1.82, 2.24) is 15.5 Å². The van der Waals surface area contributed by atoms with Crippen molar-refractivity contribution < 1.29 is 13.5 Å². The Bertz CT molecular complexity index is 576. The second-order valence-corrected chi connectivity index (χ2v) is 5.54. The van der Waals surface area contributed by atoms with E-state index < -0.39 is 11.6 Å². The van der Waals surface area contributed by atoms with Crippen LogP contribution in [0.3, 0.4) is 0 Å². The predicted molar refractivity (Wildman–Crippen MR) is 72.5 cm³/mol. The number of benzene rings is 1. The van der Waals surface area contributed by atoms with Crippen LogP contribution in [-0.4, -0.2) is 23.9 Å². The average molecular weight is 299 g/mol. The maximum atomic E-state index is 13.3. The second-order valence-electron chi connectivity index (χ2n) is 4.28. The van der Waals surface area contributed by atoms with Gasteiger partial charge in [0.25, 0.3) is 0 Å². The molecule has 1 heterocycles. The first-order valence-corrected chi connectivity index (χ1v) is 6.88. The average Bonchev–Trinajstić information content (AvgIpc) is 2.84. The molecular formula is C13H15F2N3OS. The number of aryl methyl sites for hydroxylation is 1. The molecule has 0 bridgehead atoms. The molecule has 0 aliphatic heterocycles. The topological polar surface area (TPSA) is 47.0 Å². The van der Waals surface area contributed by atoms with Crippen molar-refractivity contribution in [1.29, 1.82) is 0 Å². The molecule has 1 atom stereocenters. The molecule has 7 heteroatoms. The van der Waals surface area contributed by atoms with Gasteiger partial charge in [-0.1, -0.05) is 6.07 Å². The zero-order chi connectivity index (χ0) is 14.5. The van der Waals surface area contributed by atoms with E-state index in [4.69, 9.17) is 4.74 Å². The Morgan fingerprint density at radius 1 is 1.30 bits per heavy atom. The van der Waals surface area contributed by atoms with Crippen LogP contribution in [0.1, 0.15) is 21.6 Å². The number of methoxy groups -OCH3 is 1. The molecule has 0 aliphatic carbocycles. The van der Waals surface area contributed by atoms with Crippen molar-refractivity contribution in [3.8, 4) is 0 Å². The van der Waals surface area contributed by atoms with Gasteiger partial charge in [0.2, 0.25) is 0 Å². The fourth-order valence-corrected chi connectivity index (χ4v) is 2.45. The summed E-state index contributed by atoms with van der Waals surface area (Å²) in [5, 5.41) is 12.9. The highest BCUT2D eigenvalue weighted by molar-refractivity contribution is 7.11. The Kier molecular flexibility index (Phi) is 5.11. The molecule has 0 unspecified atom stereocenters. The number of nitrogens with one attached hydrogen (secondary N) is 1. The van der Waals surface area contributed by atoms with E-state index in [1.165, 1.54) is 17.4 Å². The number of halogens is 2. The summed E-state index contributed by atoms with van der Waals surface area (Å²) >= 11 is 1.49. The van der Waals surface area contributed by atoms with E-state index in [2.05, 4.69) is 15.5 Å². The van der Waals surface area contributed by atoms with Gasteiger partial charge in [-0.3, -0.25) is 0 Å². The molecule has 1 aromatic carbocycles. The van der Waals surface area contributed by atoms with Crippen molar-refractivity contribution in [3.05, 3.63) is 45.4 Å². The first-order chi connectivity index (χ1) is 9.60. The summed E-state index contributed by atoms with van der Waals surface area (Å²) < 4.78 is 31.4. The summed E-state index contributed by atoms with van der Waals surface area (Å²) in [4.78, 5) is 0. The van der Waals surface area contributed by atoms with E-state index >= 15 is 0 Å². The van der Waals surface area contributed by atoms with E-state index in [9.17, 15) is 8.78 Å². The Labute approximate surface area is 119 Å². The quantitative estimate of drug-likeness (QED) is 0.890. The van der Waals surface area contributed by atoms with Crippen LogP contribution in [0.25, 0.3) is 0 Å². The Morgan fingerprint density at radius 2 is 2.10 bits per heavy atom. The van der Waals surface area contributed by atoms with E-state index in [0.29, 0.717) is 18.7 Å². The number of aromatic nitrogens is 2. The maximum Gasteiger partial charge on any atom is 0.159 e. The third-order valence-corrected chi connectivity index (χ3v) is 3.59. The van der Waals surface area contributed by atoms with Crippen LogP contribution in [0, 0.1) is 18.6 Å². The third kappa shape index (κ3) is 3.78. The lowest BCUT2D eigenvalue weighted by Crippen LogP contribution is -2.25. The van der Waals surface area contributed by atoms with Gasteiger partial charge in [-0.05, 0) is 24.6 Å². The van der Waals surface area contributed by atoms with E-state index in [1.807, 2.05) is 6.92 Å². The summed E-state index contributed by atoms with van der Waals surface area (Å²) in [6.07, 6.45) is 0. The zero-order valence-corrected chi connectivity index (χ0v) is 12.0. The van der Waals surface area contributed by atoms with Gasteiger partial charge in [-0.15, -0.1) is 21.5 Å². The third-order valence-electron chi connectivity index (χ3n) is 2.75. The normalized spacial score (nSPS) is 12.6. The van der Waals surface area contributed by atoms with Gasteiger partial charge in [-0.25, -0.2) is 8.78 Å². The van der Waals surface area contributed by atoms with E-state index in [-0.39, 0.29) is 6.04 Å². The molecule has 20 heavy (non-hydrogen) atoms. The van der Waals surface area contributed by atoms with Gasteiger partial charge in [0.1, 0.15) is 10.0 Å². The highest BCUT2D eigenvalue weighted by atomic mass is 32.1. The predicted octanol–water partition coefficient (Wildman–Crippen LogP) is 2.60. The van der Waals surface area contributed by atoms with Crippen molar-refractivity contribution in [2.75, 3.05) is 13.7 Å². The lowest BCUT2D eigenvalue weighted by Gasteiger charge is -2.17. The van der Waals surface area contributed by atoms with Gasteiger partial charge in [0.15, 0.2) is 11.6 Å². The first kappa shape index (κ1) is 15.0. The molecule has 0 spiro atoms. The molecule has 1 N–H and O–H groups in total. The lowest BCUT2D eigenvalue weighted by molar-refractivity contribution is 0.166. The standard InChI is InChI=1S/C13H15F2N3OS/c1-8-17-18-13(20-8)6-16-12(7-19-2)9-3-4-10(14)11(15)5-9/h3-5,12,16H,6-7H2,1-2H3/t12-/m0/s1. The number of ether oxygens (including phenoxy) is 1. The fourth-order valence-electron chi connectivity index (χ4n) is 1.79. The van der Waals surface area contributed by atoms with Gasteiger partial charge in [-0.2, -0.15) is 0 Å². The molecule has 108 valence electrons. The number of nitrogens with zero attached hydrogens (tertiary/aromatic N) is 2. The minimum atomic E-state index is -0.864. The highest BCUT2D eigenvalue weighted by Crippen LogP contribution is 2.18. The van der Waals surface area contributed by atoms with Crippen molar-refractivity contribution in [2.45, 2.75) is 19.5 Å². The monoisotopic (exact) mass is 299 g/mol. The zero-order valence-electron chi connectivity index (χ0n) is 11.2. The number of hydrogen-bond acceptors (Lipinski definition) is 5. The number of hydrogen-bond donors (Lipinski definition) is 1. The second kappa shape index (κ2) is 6.83. The van der Waals surface area contributed by atoms with Crippen LogP contribution in [0.2, 0.25) is 0 Å². The molecule has 2 rings (SSSR count). The summed E-state index contributed by atoms with van der Waals surface area (Å²) in [5.41, 5.74) is 0.631. The van der Waals surface area contributed by atoms with E-state index in [1.54, 1.807) is 13.2 Å². The summed E-state index contributed by atoms with van der Waals surface area (Å²) in [6, 6.07) is 3.60. The molecule has 4 nitrogen and oxygen atoms in total. The van der Waals surface area contributed by atoms with Gasteiger partial charge in [0, 0.05) is 7.11 Å². The van der Waals surface area contributed by atoms with Crippen molar-refractivity contribution in [2.24, 2.45) is 0 Å². The molecular weight excluding hydrogens is 284 g/mol. The maximum absolute atomic E-state index is 13.3. The first-order valence-electron chi connectivity index (χ1n) is 6.06. The van der Waals surface area contributed by atoms with Crippen LogP contribution in [0.5, 0.6) is 0 Å². The molecule has 0 radical (unpaired) electrons. The molecule has 1 aromatic heterocycles. The molecule has 0 amide bonds. The smallest absolute Gasteiger partial charge is 0.159 e. The highest BCUT2D eigenvalue weighted by Gasteiger charge is 2.14. The van der Waals surface area contributed by atoms with Gasteiger partial charge >= 0.3 is 0 Å². The van der Waals surface area contributed by atoms with Crippen LogP contribution in [-0.2, 0) is 11.3 Å². The lowest BCUT2D eigenvalue weighted by atomic mass is 10.1. The minimum absolute atomic E-state index is 0.237. The van der Waals surface area contributed by atoms with Crippen LogP contribution >= 0.6 is 11.3 Å². The molecule has 0 saturated heterocycles. The minimum Gasteiger partial charge on any atom is -0.383 e. The molecule has 0 saturated carbocycles. The largest absolute Gasteiger partial charge is 0.383 e.